The summed E-state index contributed by atoms with van der Waals surface area (Å²) in [6, 6.07) is 9.71. The van der Waals surface area contributed by atoms with Gasteiger partial charge in [0, 0.05) is 18.8 Å². The number of nitriles is 1. The average molecular weight is 320 g/mol. The minimum atomic E-state index is 0.580. The molecule has 1 aromatic carbocycles. The van der Waals surface area contributed by atoms with Gasteiger partial charge < -0.3 is 23.8 Å². The van der Waals surface area contributed by atoms with Gasteiger partial charge in [0.15, 0.2) is 0 Å². The lowest BCUT2D eigenvalue weighted by molar-refractivity contribution is 0.00206. The first-order valence-electron chi connectivity index (χ1n) is 7.96. The van der Waals surface area contributed by atoms with Crippen LogP contribution in [0.15, 0.2) is 24.3 Å². The van der Waals surface area contributed by atoms with Crippen molar-refractivity contribution in [2.45, 2.75) is 0 Å². The van der Waals surface area contributed by atoms with Crippen LogP contribution in [0.1, 0.15) is 5.56 Å². The molecule has 0 unspecified atom stereocenters. The SMILES string of the molecule is N#Cc1ccc(N2CCOCCOCCOCCOCC2)cc1. The van der Waals surface area contributed by atoms with Crippen LogP contribution in [0.5, 0.6) is 0 Å². The van der Waals surface area contributed by atoms with Gasteiger partial charge in [-0.1, -0.05) is 0 Å². The lowest BCUT2D eigenvalue weighted by Gasteiger charge is -2.24. The van der Waals surface area contributed by atoms with Crippen molar-refractivity contribution in [1.82, 2.24) is 0 Å². The summed E-state index contributed by atoms with van der Waals surface area (Å²) in [4.78, 5) is 2.20. The fourth-order valence-corrected chi connectivity index (χ4v) is 2.23. The molecule has 0 amide bonds. The zero-order valence-electron chi connectivity index (χ0n) is 13.4. The molecule has 1 aromatic rings. The number of hydrogen-bond acceptors (Lipinski definition) is 6. The molecule has 0 N–H and O–H groups in total. The van der Waals surface area contributed by atoms with E-state index in [9.17, 15) is 0 Å². The van der Waals surface area contributed by atoms with Crippen LogP contribution in [-0.4, -0.2) is 65.9 Å². The van der Waals surface area contributed by atoms with E-state index in [1.165, 1.54) is 0 Å². The summed E-state index contributed by atoms with van der Waals surface area (Å²) in [5, 5.41) is 8.89. The van der Waals surface area contributed by atoms with Gasteiger partial charge in [0.1, 0.15) is 0 Å². The van der Waals surface area contributed by atoms with E-state index in [0.717, 1.165) is 18.8 Å². The Morgan fingerprint density at radius 1 is 0.696 bits per heavy atom. The number of rotatable bonds is 1. The molecule has 0 atom stereocenters. The summed E-state index contributed by atoms with van der Waals surface area (Å²) in [7, 11) is 0. The van der Waals surface area contributed by atoms with Crippen molar-refractivity contribution in [2.24, 2.45) is 0 Å². The predicted molar refractivity (Wildman–Crippen MR) is 86.6 cm³/mol. The van der Waals surface area contributed by atoms with Gasteiger partial charge in [-0.15, -0.1) is 0 Å². The first-order chi connectivity index (χ1) is 11.4. The van der Waals surface area contributed by atoms with Gasteiger partial charge in [-0.05, 0) is 24.3 Å². The van der Waals surface area contributed by atoms with Crippen molar-refractivity contribution in [3.63, 3.8) is 0 Å². The smallest absolute Gasteiger partial charge is 0.0991 e. The van der Waals surface area contributed by atoms with Crippen molar-refractivity contribution in [1.29, 1.82) is 5.26 Å². The molecule has 126 valence electrons. The number of benzene rings is 1. The minimum absolute atomic E-state index is 0.580. The highest BCUT2D eigenvalue weighted by Crippen LogP contribution is 2.14. The zero-order chi connectivity index (χ0) is 16.2. The van der Waals surface area contributed by atoms with E-state index in [1.54, 1.807) is 0 Å². The summed E-state index contributed by atoms with van der Waals surface area (Å²) in [6.45, 7) is 6.28. The van der Waals surface area contributed by atoms with Gasteiger partial charge in [0.05, 0.1) is 64.5 Å². The molecular formula is C17H24N2O4. The Morgan fingerprint density at radius 2 is 1.13 bits per heavy atom. The molecule has 0 bridgehead atoms. The van der Waals surface area contributed by atoms with Gasteiger partial charge in [-0.3, -0.25) is 0 Å². The second-order valence-corrected chi connectivity index (χ2v) is 5.10. The molecule has 0 saturated carbocycles. The molecule has 2 rings (SSSR count). The molecule has 6 nitrogen and oxygen atoms in total. The van der Waals surface area contributed by atoms with E-state index >= 15 is 0 Å². The molecule has 0 spiro atoms. The Labute approximate surface area is 137 Å². The summed E-state index contributed by atoms with van der Waals surface area (Å²) >= 11 is 0. The Kier molecular flexibility index (Phi) is 8.45. The van der Waals surface area contributed by atoms with Crippen molar-refractivity contribution in [3.8, 4) is 6.07 Å². The molecule has 1 saturated heterocycles. The van der Waals surface area contributed by atoms with E-state index in [2.05, 4.69) is 11.0 Å². The van der Waals surface area contributed by atoms with Gasteiger partial charge in [-0.2, -0.15) is 5.26 Å². The first-order valence-corrected chi connectivity index (χ1v) is 7.96. The van der Waals surface area contributed by atoms with E-state index in [-0.39, 0.29) is 0 Å². The topological polar surface area (TPSA) is 64.0 Å². The predicted octanol–water partition coefficient (Wildman–Crippen LogP) is 1.44. The average Bonchev–Trinajstić information content (AvgIpc) is 2.60. The Bertz CT molecular complexity index is 456. The first kappa shape index (κ1) is 17.7. The fraction of sp³-hybridized carbons (Fsp3) is 0.588. The molecule has 0 aliphatic carbocycles. The highest BCUT2D eigenvalue weighted by molar-refractivity contribution is 5.49. The third-order valence-corrected chi connectivity index (χ3v) is 3.49. The van der Waals surface area contributed by atoms with Crippen molar-refractivity contribution in [2.75, 3.05) is 70.8 Å². The Hall–Kier alpha value is -1.65. The van der Waals surface area contributed by atoms with E-state index in [1.807, 2.05) is 24.3 Å². The second kappa shape index (κ2) is 11.0. The van der Waals surface area contributed by atoms with Gasteiger partial charge in [-0.25, -0.2) is 0 Å². The van der Waals surface area contributed by atoms with Crippen LogP contribution in [-0.2, 0) is 18.9 Å². The van der Waals surface area contributed by atoms with Crippen LogP contribution >= 0.6 is 0 Å². The summed E-state index contributed by atoms with van der Waals surface area (Å²) < 4.78 is 22.0. The summed E-state index contributed by atoms with van der Waals surface area (Å²) in [5.41, 5.74) is 1.72. The quantitative estimate of drug-likeness (QED) is 0.780. The summed E-state index contributed by atoms with van der Waals surface area (Å²) in [6.07, 6.45) is 0. The van der Waals surface area contributed by atoms with E-state index in [0.29, 0.717) is 58.4 Å². The minimum Gasteiger partial charge on any atom is -0.377 e. The van der Waals surface area contributed by atoms with Crippen molar-refractivity contribution < 1.29 is 18.9 Å². The molecule has 1 fully saturated rings. The maximum absolute atomic E-state index is 8.89. The highest BCUT2D eigenvalue weighted by Gasteiger charge is 2.07. The highest BCUT2D eigenvalue weighted by atomic mass is 16.6. The van der Waals surface area contributed by atoms with Crippen molar-refractivity contribution in [3.05, 3.63) is 29.8 Å². The lowest BCUT2D eigenvalue weighted by atomic mass is 10.2. The van der Waals surface area contributed by atoms with E-state index in [4.69, 9.17) is 24.2 Å². The molecule has 1 aliphatic rings. The molecule has 23 heavy (non-hydrogen) atoms. The normalized spacial score (nSPS) is 19.3. The van der Waals surface area contributed by atoms with Crippen molar-refractivity contribution >= 4 is 5.69 Å². The fourth-order valence-electron chi connectivity index (χ4n) is 2.23. The van der Waals surface area contributed by atoms with Crippen LogP contribution in [0.25, 0.3) is 0 Å². The van der Waals surface area contributed by atoms with Crippen LogP contribution < -0.4 is 4.90 Å². The number of ether oxygens (including phenoxy) is 4. The summed E-state index contributed by atoms with van der Waals surface area (Å²) in [5.74, 6) is 0. The monoisotopic (exact) mass is 320 g/mol. The van der Waals surface area contributed by atoms with E-state index < -0.39 is 0 Å². The maximum Gasteiger partial charge on any atom is 0.0991 e. The molecule has 0 aromatic heterocycles. The number of hydrogen-bond donors (Lipinski definition) is 0. The standard InChI is InChI=1S/C17H24N2O4/c18-15-16-1-3-17(4-2-16)19-5-7-20-9-11-22-13-14-23-12-10-21-8-6-19/h1-4H,5-14H2. The third kappa shape index (κ3) is 6.97. The molecule has 0 radical (unpaired) electrons. The van der Waals surface area contributed by atoms with Gasteiger partial charge >= 0.3 is 0 Å². The molecular weight excluding hydrogens is 296 g/mol. The molecule has 6 heteroatoms. The Balaban J connectivity index is 1.89. The van der Waals surface area contributed by atoms with Crippen LogP contribution in [0.3, 0.4) is 0 Å². The molecule has 1 aliphatic heterocycles. The third-order valence-electron chi connectivity index (χ3n) is 3.49. The van der Waals surface area contributed by atoms with Crippen LogP contribution in [0.4, 0.5) is 5.69 Å². The molecule has 1 heterocycles. The maximum atomic E-state index is 8.89. The van der Waals surface area contributed by atoms with Crippen LogP contribution in [0, 0.1) is 11.3 Å². The van der Waals surface area contributed by atoms with Gasteiger partial charge in [0.25, 0.3) is 0 Å². The number of anilines is 1. The van der Waals surface area contributed by atoms with Gasteiger partial charge in [0.2, 0.25) is 0 Å². The van der Waals surface area contributed by atoms with Crippen LogP contribution in [0.2, 0.25) is 0 Å². The largest absolute Gasteiger partial charge is 0.377 e. The number of nitrogens with zero attached hydrogens (tertiary/aromatic N) is 2. The lowest BCUT2D eigenvalue weighted by Crippen LogP contribution is -2.31. The second-order valence-electron chi connectivity index (χ2n) is 5.10. The Morgan fingerprint density at radius 3 is 1.57 bits per heavy atom. The zero-order valence-corrected chi connectivity index (χ0v) is 13.4.